The third-order valence-corrected chi connectivity index (χ3v) is 5.19. The van der Waals surface area contributed by atoms with Gasteiger partial charge in [0, 0.05) is 24.5 Å². The Labute approximate surface area is 133 Å². The molecule has 0 bridgehead atoms. The molecule has 0 amide bonds. The predicted octanol–water partition coefficient (Wildman–Crippen LogP) is 2.31. The van der Waals surface area contributed by atoms with Crippen LogP contribution in [0.4, 0.5) is 0 Å². The molecule has 1 aromatic rings. The van der Waals surface area contributed by atoms with Gasteiger partial charge in [-0.1, -0.05) is 0 Å². The zero-order valence-electron chi connectivity index (χ0n) is 14.5. The maximum Gasteiger partial charge on any atom is 0.498 e. The molecule has 0 aromatic carbocycles. The molecule has 6 heteroatoms. The Kier molecular flexibility index (Phi) is 3.70. The monoisotopic (exact) mass is 306 g/mol. The second-order valence-corrected chi connectivity index (χ2v) is 8.10. The van der Waals surface area contributed by atoms with Crippen LogP contribution in [0.3, 0.4) is 0 Å². The first-order valence-corrected chi connectivity index (χ1v) is 8.13. The Morgan fingerprint density at radius 3 is 2.36 bits per heavy atom. The molecule has 2 aliphatic heterocycles. The molecule has 2 fully saturated rings. The molecular weight excluding hydrogens is 279 g/mol. The smallest absolute Gasteiger partial charge is 0.399 e. The topological polar surface area (TPSA) is 45.5 Å². The molecule has 1 aromatic heterocycles. The molecule has 0 N–H and O–H groups in total. The first-order valence-electron chi connectivity index (χ1n) is 8.13. The van der Waals surface area contributed by atoms with E-state index in [2.05, 4.69) is 52.8 Å². The minimum atomic E-state index is -0.341. The van der Waals surface area contributed by atoms with Gasteiger partial charge in [0.2, 0.25) is 0 Å². The van der Waals surface area contributed by atoms with Crippen molar-refractivity contribution in [3.63, 3.8) is 0 Å². The number of nitrogens with zero attached hydrogens (tertiary/aromatic N) is 2. The summed E-state index contributed by atoms with van der Waals surface area (Å²) in [4.78, 5) is 0. The van der Waals surface area contributed by atoms with Crippen molar-refractivity contribution in [1.29, 1.82) is 0 Å². The quantitative estimate of drug-likeness (QED) is 0.787. The van der Waals surface area contributed by atoms with Crippen molar-refractivity contribution in [1.82, 2.24) is 9.78 Å². The van der Waals surface area contributed by atoms with Gasteiger partial charge in [-0.3, -0.25) is 4.68 Å². The van der Waals surface area contributed by atoms with Gasteiger partial charge in [-0.2, -0.15) is 5.10 Å². The lowest BCUT2D eigenvalue weighted by atomic mass is 9.82. The zero-order valence-corrected chi connectivity index (χ0v) is 14.5. The van der Waals surface area contributed by atoms with Crippen LogP contribution in [0.15, 0.2) is 12.4 Å². The SMILES string of the molecule is CC1(C)CC(n2cc(B3OC(C)(C)C(C)(C)O3)cn2)CCO1. The van der Waals surface area contributed by atoms with Gasteiger partial charge >= 0.3 is 7.12 Å². The number of hydrogen-bond acceptors (Lipinski definition) is 4. The molecule has 122 valence electrons. The highest BCUT2D eigenvalue weighted by molar-refractivity contribution is 6.61. The molecule has 2 saturated heterocycles. The van der Waals surface area contributed by atoms with E-state index < -0.39 is 0 Å². The van der Waals surface area contributed by atoms with Crippen LogP contribution in [0.2, 0.25) is 0 Å². The van der Waals surface area contributed by atoms with Crippen LogP contribution >= 0.6 is 0 Å². The summed E-state index contributed by atoms with van der Waals surface area (Å²) in [6.07, 6.45) is 5.89. The van der Waals surface area contributed by atoms with Crippen LogP contribution < -0.4 is 5.46 Å². The van der Waals surface area contributed by atoms with E-state index in [4.69, 9.17) is 14.0 Å². The second-order valence-electron chi connectivity index (χ2n) is 8.10. The highest BCUT2D eigenvalue weighted by Crippen LogP contribution is 2.36. The van der Waals surface area contributed by atoms with E-state index in [1.54, 1.807) is 0 Å². The van der Waals surface area contributed by atoms with E-state index in [-0.39, 0.29) is 23.9 Å². The summed E-state index contributed by atoms with van der Waals surface area (Å²) in [5, 5.41) is 4.55. The summed E-state index contributed by atoms with van der Waals surface area (Å²) in [5.74, 6) is 0. The Morgan fingerprint density at radius 2 is 1.77 bits per heavy atom. The van der Waals surface area contributed by atoms with Crippen LogP contribution in [-0.4, -0.2) is 40.3 Å². The fourth-order valence-electron chi connectivity index (χ4n) is 3.08. The van der Waals surface area contributed by atoms with E-state index in [1.807, 2.05) is 10.9 Å². The predicted molar refractivity (Wildman–Crippen MR) is 86.2 cm³/mol. The molecule has 22 heavy (non-hydrogen) atoms. The Bertz CT molecular complexity index is 537. The third-order valence-electron chi connectivity index (χ3n) is 5.19. The molecule has 2 aliphatic rings. The molecule has 1 unspecified atom stereocenters. The Balaban J connectivity index is 1.75. The Hall–Kier alpha value is -0.845. The molecule has 5 nitrogen and oxygen atoms in total. The summed E-state index contributed by atoms with van der Waals surface area (Å²) in [5.41, 5.74) is 0.267. The molecule has 0 saturated carbocycles. The van der Waals surface area contributed by atoms with Crippen molar-refractivity contribution in [2.24, 2.45) is 0 Å². The lowest BCUT2D eigenvalue weighted by Crippen LogP contribution is -2.41. The average molecular weight is 306 g/mol. The summed E-state index contributed by atoms with van der Waals surface area (Å²) < 4.78 is 20.0. The molecular formula is C16H27BN2O3. The summed E-state index contributed by atoms with van der Waals surface area (Å²) in [6, 6.07) is 0.375. The second kappa shape index (κ2) is 5.08. The summed E-state index contributed by atoms with van der Waals surface area (Å²) >= 11 is 0. The van der Waals surface area contributed by atoms with Crippen molar-refractivity contribution < 1.29 is 14.0 Å². The number of rotatable bonds is 2. The molecule has 0 radical (unpaired) electrons. The molecule has 0 spiro atoms. The fraction of sp³-hybridized carbons (Fsp3) is 0.812. The molecule has 3 rings (SSSR count). The van der Waals surface area contributed by atoms with Crippen LogP contribution in [0, 0.1) is 0 Å². The maximum atomic E-state index is 6.09. The van der Waals surface area contributed by atoms with Gasteiger partial charge in [0.25, 0.3) is 0 Å². The van der Waals surface area contributed by atoms with Crippen molar-refractivity contribution in [2.45, 2.75) is 77.2 Å². The first-order chi connectivity index (χ1) is 10.1. The first kappa shape index (κ1) is 16.0. The Morgan fingerprint density at radius 1 is 1.14 bits per heavy atom. The normalized spacial score (nSPS) is 29.7. The lowest BCUT2D eigenvalue weighted by Gasteiger charge is -2.35. The molecule has 3 heterocycles. The van der Waals surface area contributed by atoms with E-state index in [0.717, 1.165) is 24.9 Å². The van der Waals surface area contributed by atoms with Crippen molar-refractivity contribution >= 4 is 12.6 Å². The highest BCUT2D eigenvalue weighted by atomic mass is 16.7. The van der Waals surface area contributed by atoms with Crippen LogP contribution in [-0.2, 0) is 14.0 Å². The zero-order chi connectivity index (χ0) is 16.2. The van der Waals surface area contributed by atoms with Gasteiger partial charge in [0.05, 0.1) is 22.8 Å². The van der Waals surface area contributed by atoms with Crippen LogP contribution in [0.5, 0.6) is 0 Å². The minimum Gasteiger partial charge on any atom is -0.399 e. The number of ether oxygens (including phenoxy) is 1. The van der Waals surface area contributed by atoms with Crippen LogP contribution in [0.1, 0.15) is 60.4 Å². The maximum absolute atomic E-state index is 6.09. The third kappa shape index (κ3) is 2.84. The average Bonchev–Trinajstić information content (AvgIpc) is 2.92. The van der Waals surface area contributed by atoms with Crippen molar-refractivity contribution in [3.05, 3.63) is 12.4 Å². The van der Waals surface area contributed by atoms with E-state index >= 15 is 0 Å². The number of aromatic nitrogens is 2. The highest BCUT2D eigenvalue weighted by Gasteiger charge is 2.52. The standard InChI is InChI=1S/C16H27BN2O3/c1-14(2)9-13(7-8-20-14)19-11-12(10-18-19)17-21-15(3,4)16(5,6)22-17/h10-11,13H,7-9H2,1-6H3. The molecule has 0 aliphatic carbocycles. The van der Waals surface area contributed by atoms with Gasteiger partial charge in [0.15, 0.2) is 0 Å². The minimum absolute atomic E-state index is 0.0840. The fourth-order valence-corrected chi connectivity index (χ4v) is 3.08. The summed E-state index contributed by atoms with van der Waals surface area (Å²) in [7, 11) is -0.341. The lowest BCUT2D eigenvalue weighted by molar-refractivity contribution is -0.0708. The van der Waals surface area contributed by atoms with Gasteiger partial charge < -0.3 is 14.0 Å². The number of hydrogen-bond donors (Lipinski definition) is 0. The van der Waals surface area contributed by atoms with Gasteiger partial charge in [0.1, 0.15) is 0 Å². The van der Waals surface area contributed by atoms with Crippen LogP contribution in [0.25, 0.3) is 0 Å². The van der Waals surface area contributed by atoms with E-state index in [9.17, 15) is 0 Å². The van der Waals surface area contributed by atoms with Gasteiger partial charge in [-0.15, -0.1) is 0 Å². The van der Waals surface area contributed by atoms with Crippen molar-refractivity contribution in [2.75, 3.05) is 6.61 Å². The van der Waals surface area contributed by atoms with Gasteiger partial charge in [-0.25, -0.2) is 0 Å². The van der Waals surface area contributed by atoms with E-state index in [0.29, 0.717) is 6.04 Å². The molecule has 1 atom stereocenters. The van der Waals surface area contributed by atoms with E-state index in [1.165, 1.54) is 0 Å². The van der Waals surface area contributed by atoms with Gasteiger partial charge in [-0.05, 0) is 54.4 Å². The largest absolute Gasteiger partial charge is 0.498 e. The summed E-state index contributed by atoms with van der Waals surface area (Å²) in [6.45, 7) is 13.3. The van der Waals surface area contributed by atoms with Crippen molar-refractivity contribution in [3.8, 4) is 0 Å².